The molecule has 1 rings (SSSR count). The van der Waals surface area contributed by atoms with E-state index in [-0.39, 0.29) is 24.5 Å². The molecule has 0 N–H and O–H groups in total. The highest BCUT2D eigenvalue weighted by Crippen LogP contribution is 2.14. The van der Waals surface area contributed by atoms with Gasteiger partial charge in [-0.15, -0.1) is 0 Å². The fraction of sp³-hybridized carbons (Fsp3) is 0.778. The Kier molecular flexibility index (Phi) is 3.73. The third kappa shape index (κ3) is 3.05. The molecule has 0 aromatic rings. The lowest BCUT2D eigenvalue weighted by molar-refractivity contribution is -0.149. The Bertz CT molecular complexity index is 200. The second kappa shape index (κ2) is 4.84. The lowest BCUT2D eigenvalue weighted by Gasteiger charge is -2.06. The zero-order valence-electron chi connectivity index (χ0n) is 7.75. The van der Waals surface area contributed by atoms with Gasteiger partial charge in [0.1, 0.15) is 6.61 Å². The molecule has 4 heteroatoms. The normalized spacial score (nSPS) is 21.3. The summed E-state index contributed by atoms with van der Waals surface area (Å²) in [5, 5.41) is 0. The maximum atomic E-state index is 10.9. The van der Waals surface area contributed by atoms with Gasteiger partial charge in [0.15, 0.2) is 0 Å². The molecule has 0 amide bonds. The average Bonchev–Trinajstić information content (AvgIpc) is 2.48. The van der Waals surface area contributed by atoms with Gasteiger partial charge < -0.3 is 9.47 Å². The summed E-state index contributed by atoms with van der Waals surface area (Å²) in [6.45, 7) is 2.54. The summed E-state index contributed by atoms with van der Waals surface area (Å²) in [5.74, 6) is -0.715. The van der Waals surface area contributed by atoms with Gasteiger partial charge in [0.05, 0.1) is 12.5 Å². The van der Waals surface area contributed by atoms with Gasteiger partial charge in [0.2, 0.25) is 0 Å². The quantitative estimate of drug-likeness (QED) is 0.612. The van der Waals surface area contributed by atoms with Crippen LogP contribution in [0.1, 0.15) is 26.2 Å². The predicted molar refractivity (Wildman–Crippen MR) is 44.9 cm³/mol. The van der Waals surface area contributed by atoms with E-state index in [1.807, 2.05) is 6.92 Å². The molecule has 0 aromatic carbocycles. The minimum Gasteiger partial charge on any atom is -0.465 e. The van der Waals surface area contributed by atoms with E-state index < -0.39 is 0 Å². The van der Waals surface area contributed by atoms with Gasteiger partial charge in [0, 0.05) is 6.42 Å². The predicted octanol–water partition coefficient (Wildman–Crippen LogP) is 0.893. The standard InChI is InChI=1S/C9H14O4/c1-2-3-8(10)13-6-7-4-5-12-9(7)11/h7H,2-6H2,1H3. The Morgan fingerprint density at radius 2 is 2.46 bits per heavy atom. The van der Waals surface area contributed by atoms with Crippen molar-refractivity contribution >= 4 is 11.9 Å². The Morgan fingerprint density at radius 1 is 1.69 bits per heavy atom. The Hall–Kier alpha value is -1.06. The molecular formula is C9H14O4. The van der Waals surface area contributed by atoms with Gasteiger partial charge in [0.25, 0.3) is 0 Å². The third-order valence-electron chi connectivity index (χ3n) is 1.94. The topological polar surface area (TPSA) is 52.6 Å². The number of hydrogen-bond acceptors (Lipinski definition) is 4. The molecule has 1 fully saturated rings. The molecule has 0 bridgehead atoms. The molecule has 1 aliphatic heterocycles. The van der Waals surface area contributed by atoms with Crippen LogP contribution in [-0.2, 0) is 19.1 Å². The molecular weight excluding hydrogens is 172 g/mol. The van der Waals surface area contributed by atoms with Crippen molar-refractivity contribution in [2.45, 2.75) is 26.2 Å². The van der Waals surface area contributed by atoms with Crippen LogP contribution in [0.3, 0.4) is 0 Å². The fourth-order valence-electron chi connectivity index (χ4n) is 1.16. The van der Waals surface area contributed by atoms with Gasteiger partial charge in [-0.25, -0.2) is 0 Å². The molecule has 0 radical (unpaired) electrons. The number of carbonyl (C=O) groups excluding carboxylic acids is 2. The van der Waals surface area contributed by atoms with Crippen LogP contribution in [0.25, 0.3) is 0 Å². The summed E-state index contributed by atoms with van der Waals surface area (Å²) in [4.78, 5) is 21.9. The minimum atomic E-state index is -0.246. The number of carbonyl (C=O) groups is 2. The summed E-state index contributed by atoms with van der Waals surface area (Å²) >= 11 is 0. The van der Waals surface area contributed by atoms with Crippen molar-refractivity contribution in [3.63, 3.8) is 0 Å². The summed E-state index contributed by atoms with van der Waals surface area (Å²) in [6, 6.07) is 0. The molecule has 13 heavy (non-hydrogen) atoms. The van der Waals surface area contributed by atoms with Crippen LogP contribution >= 0.6 is 0 Å². The second-order valence-electron chi connectivity index (χ2n) is 3.09. The molecule has 1 aliphatic rings. The van der Waals surface area contributed by atoms with Gasteiger partial charge >= 0.3 is 11.9 Å². The maximum absolute atomic E-state index is 10.9. The average molecular weight is 186 g/mol. The van der Waals surface area contributed by atoms with Crippen LogP contribution in [0, 0.1) is 5.92 Å². The van der Waals surface area contributed by atoms with E-state index in [2.05, 4.69) is 0 Å². The molecule has 1 unspecified atom stereocenters. The van der Waals surface area contributed by atoms with Gasteiger partial charge in [-0.3, -0.25) is 9.59 Å². The second-order valence-corrected chi connectivity index (χ2v) is 3.09. The first kappa shape index (κ1) is 10.0. The zero-order chi connectivity index (χ0) is 9.68. The lowest BCUT2D eigenvalue weighted by Crippen LogP contribution is -2.17. The van der Waals surface area contributed by atoms with Crippen molar-refractivity contribution in [1.82, 2.24) is 0 Å². The number of ether oxygens (including phenoxy) is 2. The van der Waals surface area contributed by atoms with Crippen LogP contribution in [0.15, 0.2) is 0 Å². The Morgan fingerprint density at radius 3 is 3.00 bits per heavy atom. The lowest BCUT2D eigenvalue weighted by atomic mass is 10.1. The number of cyclic esters (lactones) is 1. The van der Waals surface area contributed by atoms with Crippen molar-refractivity contribution in [1.29, 1.82) is 0 Å². The van der Waals surface area contributed by atoms with E-state index in [9.17, 15) is 9.59 Å². The molecule has 1 saturated heterocycles. The molecule has 74 valence electrons. The highest BCUT2D eigenvalue weighted by atomic mass is 16.6. The van der Waals surface area contributed by atoms with Crippen LogP contribution < -0.4 is 0 Å². The van der Waals surface area contributed by atoms with Crippen molar-refractivity contribution in [2.75, 3.05) is 13.2 Å². The molecule has 1 heterocycles. The number of rotatable bonds is 4. The maximum Gasteiger partial charge on any atom is 0.312 e. The smallest absolute Gasteiger partial charge is 0.312 e. The highest BCUT2D eigenvalue weighted by Gasteiger charge is 2.27. The first-order valence-electron chi connectivity index (χ1n) is 4.56. The minimum absolute atomic E-state index is 0.178. The van der Waals surface area contributed by atoms with E-state index in [1.54, 1.807) is 0 Å². The summed E-state index contributed by atoms with van der Waals surface area (Å²) < 4.78 is 9.62. The summed E-state index contributed by atoms with van der Waals surface area (Å²) in [7, 11) is 0. The Balaban J connectivity index is 2.18. The SMILES string of the molecule is CCCC(=O)OCC1CCOC1=O. The van der Waals surface area contributed by atoms with Crippen LogP contribution in [0.4, 0.5) is 0 Å². The van der Waals surface area contributed by atoms with Crippen molar-refractivity contribution in [3.05, 3.63) is 0 Å². The third-order valence-corrected chi connectivity index (χ3v) is 1.94. The van der Waals surface area contributed by atoms with Gasteiger partial charge in [-0.1, -0.05) is 6.92 Å². The van der Waals surface area contributed by atoms with Gasteiger partial charge in [-0.2, -0.15) is 0 Å². The molecule has 4 nitrogen and oxygen atoms in total. The van der Waals surface area contributed by atoms with Crippen LogP contribution in [-0.4, -0.2) is 25.2 Å². The zero-order valence-corrected chi connectivity index (χ0v) is 7.75. The molecule has 0 saturated carbocycles. The van der Waals surface area contributed by atoms with E-state index in [4.69, 9.17) is 9.47 Å². The van der Waals surface area contributed by atoms with Crippen LogP contribution in [0.5, 0.6) is 0 Å². The van der Waals surface area contributed by atoms with E-state index in [0.717, 1.165) is 6.42 Å². The number of esters is 2. The highest BCUT2D eigenvalue weighted by molar-refractivity contribution is 5.75. The Labute approximate surface area is 77.2 Å². The molecule has 0 aromatic heterocycles. The van der Waals surface area contributed by atoms with E-state index in [0.29, 0.717) is 19.4 Å². The van der Waals surface area contributed by atoms with Crippen LogP contribution in [0.2, 0.25) is 0 Å². The first-order chi connectivity index (χ1) is 6.24. The first-order valence-corrected chi connectivity index (χ1v) is 4.56. The molecule has 0 spiro atoms. The largest absolute Gasteiger partial charge is 0.465 e. The van der Waals surface area contributed by atoms with Crippen molar-refractivity contribution < 1.29 is 19.1 Å². The van der Waals surface area contributed by atoms with Crippen molar-refractivity contribution in [3.8, 4) is 0 Å². The summed E-state index contributed by atoms with van der Waals surface area (Å²) in [5.41, 5.74) is 0. The molecule has 0 aliphatic carbocycles. The number of hydrogen-bond donors (Lipinski definition) is 0. The van der Waals surface area contributed by atoms with E-state index >= 15 is 0 Å². The molecule has 1 atom stereocenters. The fourth-order valence-corrected chi connectivity index (χ4v) is 1.16. The monoisotopic (exact) mass is 186 g/mol. The summed E-state index contributed by atoms with van der Waals surface area (Å²) in [6.07, 6.45) is 1.86. The van der Waals surface area contributed by atoms with Crippen molar-refractivity contribution in [2.24, 2.45) is 5.92 Å². The van der Waals surface area contributed by atoms with E-state index in [1.165, 1.54) is 0 Å². The van der Waals surface area contributed by atoms with Gasteiger partial charge in [-0.05, 0) is 12.8 Å².